The van der Waals surface area contributed by atoms with Crippen molar-refractivity contribution >= 4 is 23.0 Å². The van der Waals surface area contributed by atoms with Crippen molar-refractivity contribution in [3.63, 3.8) is 0 Å². The standard InChI is InChI=1S/C24H25N3O/c1-3-26(21-11-6-8-18(2)14-21)22-15-20(16-25-17-22)24(28)27-13-7-10-19-9-4-5-12-23(19)27/h4-6,8-9,11-12,14-17H,3,7,10,13H2,1-2H3. The maximum Gasteiger partial charge on any atom is 0.259 e. The van der Waals surface area contributed by atoms with Crippen LogP contribution in [0.2, 0.25) is 0 Å². The van der Waals surface area contributed by atoms with E-state index in [1.165, 1.54) is 11.1 Å². The summed E-state index contributed by atoms with van der Waals surface area (Å²) in [6, 6.07) is 18.5. The third-order valence-corrected chi connectivity index (χ3v) is 5.27. The van der Waals surface area contributed by atoms with Gasteiger partial charge in [0.1, 0.15) is 0 Å². The van der Waals surface area contributed by atoms with E-state index in [0.29, 0.717) is 5.56 Å². The van der Waals surface area contributed by atoms with Crippen molar-refractivity contribution in [3.8, 4) is 0 Å². The lowest BCUT2D eigenvalue weighted by atomic mass is 10.0. The molecule has 0 N–H and O–H groups in total. The van der Waals surface area contributed by atoms with Crippen LogP contribution in [0.15, 0.2) is 67.0 Å². The van der Waals surface area contributed by atoms with E-state index < -0.39 is 0 Å². The molecule has 0 bridgehead atoms. The Bertz CT molecular complexity index is 998. The summed E-state index contributed by atoms with van der Waals surface area (Å²) in [6.45, 7) is 5.74. The van der Waals surface area contributed by atoms with E-state index in [0.717, 1.165) is 43.0 Å². The fourth-order valence-corrected chi connectivity index (χ4v) is 3.90. The van der Waals surface area contributed by atoms with E-state index in [4.69, 9.17) is 0 Å². The molecule has 1 aliphatic rings. The number of aromatic nitrogens is 1. The van der Waals surface area contributed by atoms with E-state index in [-0.39, 0.29) is 5.91 Å². The molecule has 0 atom stereocenters. The first kappa shape index (κ1) is 18.2. The summed E-state index contributed by atoms with van der Waals surface area (Å²) in [5.74, 6) is 0.0156. The summed E-state index contributed by atoms with van der Waals surface area (Å²) in [5, 5.41) is 0. The summed E-state index contributed by atoms with van der Waals surface area (Å²) in [6.07, 6.45) is 5.51. The van der Waals surface area contributed by atoms with Gasteiger partial charge in [-0.05, 0) is 62.1 Å². The second-order valence-corrected chi connectivity index (χ2v) is 7.20. The quantitative estimate of drug-likeness (QED) is 0.637. The SMILES string of the molecule is CCN(c1cccc(C)c1)c1cncc(C(=O)N2CCCc3ccccc32)c1. The number of nitrogens with zero attached hydrogens (tertiary/aromatic N) is 3. The molecule has 0 unspecified atom stereocenters. The second kappa shape index (κ2) is 7.85. The summed E-state index contributed by atoms with van der Waals surface area (Å²) >= 11 is 0. The van der Waals surface area contributed by atoms with Crippen molar-refractivity contribution in [2.24, 2.45) is 0 Å². The Labute approximate surface area is 166 Å². The van der Waals surface area contributed by atoms with Gasteiger partial charge in [-0.2, -0.15) is 0 Å². The summed E-state index contributed by atoms with van der Waals surface area (Å²) in [5.41, 5.74) is 6.14. The maximum atomic E-state index is 13.3. The van der Waals surface area contributed by atoms with Gasteiger partial charge in [0, 0.05) is 30.7 Å². The number of para-hydroxylation sites is 1. The first-order valence-electron chi connectivity index (χ1n) is 9.86. The minimum absolute atomic E-state index is 0.0156. The molecule has 0 spiro atoms. The fourth-order valence-electron chi connectivity index (χ4n) is 3.90. The molecule has 0 saturated carbocycles. The van der Waals surface area contributed by atoms with Gasteiger partial charge in [-0.1, -0.05) is 30.3 Å². The van der Waals surface area contributed by atoms with Gasteiger partial charge in [-0.25, -0.2) is 0 Å². The average molecular weight is 371 g/mol. The number of anilines is 3. The van der Waals surface area contributed by atoms with Crippen molar-refractivity contribution in [1.29, 1.82) is 0 Å². The number of benzene rings is 2. The van der Waals surface area contributed by atoms with E-state index in [1.54, 1.807) is 6.20 Å². The number of aryl methyl sites for hydroxylation is 2. The molecule has 2 aromatic carbocycles. The number of pyridine rings is 1. The molecule has 4 rings (SSSR count). The monoisotopic (exact) mass is 371 g/mol. The Kier molecular flexibility index (Phi) is 5.11. The molecule has 0 saturated heterocycles. The van der Waals surface area contributed by atoms with E-state index in [2.05, 4.69) is 54.1 Å². The Morgan fingerprint density at radius 2 is 1.93 bits per heavy atom. The van der Waals surface area contributed by atoms with Crippen LogP contribution in [0, 0.1) is 6.92 Å². The molecular weight excluding hydrogens is 346 g/mol. The molecule has 1 aromatic heterocycles. The minimum atomic E-state index is 0.0156. The summed E-state index contributed by atoms with van der Waals surface area (Å²) < 4.78 is 0. The van der Waals surface area contributed by atoms with Crippen LogP contribution in [-0.2, 0) is 6.42 Å². The number of amides is 1. The fraction of sp³-hybridized carbons (Fsp3) is 0.250. The number of hydrogen-bond acceptors (Lipinski definition) is 3. The number of rotatable bonds is 4. The van der Waals surface area contributed by atoms with Crippen LogP contribution < -0.4 is 9.80 Å². The van der Waals surface area contributed by atoms with Crippen LogP contribution in [-0.4, -0.2) is 24.0 Å². The van der Waals surface area contributed by atoms with Gasteiger partial charge in [0.25, 0.3) is 5.91 Å². The lowest BCUT2D eigenvalue weighted by molar-refractivity contribution is 0.0985. The highest BCUT2D eigenvalue weighted by Crippen LogP contribution is 2.30. The molecule has 4 nitrogen and oxygen atoms in total. The van der Waals surface area contributed by atoms with Gasteiger partial charge in [0.15, 0.2) is 0 Å². The Balaban J connectivity index is 1.66. The van der Waals surface area contributed by atoms with Gasteiger partial charge < -0.3 is 9.80 Å². The molecule has 0 aliphatic carbocycles. The smallest absolute Gasteiger partial charge is 0.259 e. The summed E-state index contributed by atoms with van der Waals surface area (Å²) in [7, 11) is 0. The van der Waals surface area contributed by atoms with Crippen molar-refractivity contribution in [1.82, 2.24) is 4.98 Å². The number of fused-ring (bicyclic) bond motifs is 1. The number of carbonyl (C=O) groups excluding carboxylic acids is 1. The zero-order valence-electron chi connectivity index (χ0n) is 16.4. The Morgan fingerprint density at radius 3 is 2.75 bits per heavy atom. The van der Waals surface area contributed by atoms with Gasteiger partial charge in [-0.3, -0.25) is 9.78 Å². The topological polar surface area (TPSA) is 36.4 Å². The molecule has 2 heterocycles. The third kappa shape index (κ3) is 3.50. The molecule has 4 heteroatoms. The molecule has 1 aliphatic heterocycles. The Morgan fingerprint density at radius 1 is 1.07 bits per heavy atom. The van der Waals surface area contributed by atoms with Gasteiger partial charge >= 0.3 is 0 Å². The Hall–Kier alpha value is -3.14. The van der Waals surface area contributed by atoms with Crippen molar-refractivity contribution in [2.75, 3.05) is 22.9 Å². The second-order valence-electron chi connectivity index (χ2n) is 7.20. The lowest BCUT2D eigenvalue weighted by Gasteiger charge is -2.30. The van der Waals surface area contributed by atoms with Crippen molar-refractivity contribution in [2.45, 2.75) is 26.7 Å². The van der Waals surface area contributed by atoms with Crippen molar-refractivity contribution in [3.05, 3.63) is 83.7 Å². The normalized spacial score (nSPS) is 13.1. The first-order chi connectivity index (χ1) is 13.7. The number of carbonyl (C=O) groups is 1. The van der Waals surface area contributed by atoms with E-state index in [1.807, 2.05) is 35.4 Å². The molecule has 0 radical (unpaired) electrons. The minimum Gasteiger partial charge on any atom is -0.340 e. The highest BCUT2D eigenvalue weighted by molar-refractivity contribution is 6.07. The molecular formula is C24H25N3O. The predicted octanol–water partition coefficient (Wildman–Crippen LogP) is 5.14. The van der Waals surface area contributed by atoms with Crippen LogP contribution in [0.4, 0.5) is 17.1 Å². The highest BCUT2D eigenvalue weighted by Gasteiger charge is 2.24. The molecule has 28 heavy (non-hydrogen) atoms. The van der Waals surface area contributed by atoms with Crippen LogP contribution in [0.1, 0.15) is 34.8 Å². The highest BCUT2D eigenvalue weighted by atomic mass is 16.2. The lowest BCUT2D eigenvalue weighted by Crippen LogP contribution is -2.35. The van der Waals surface area contributed by atoms with Gasteiger partial charge in [0.05, 0.1) is 17.4 Å². The molecule has 1 amide bonds. The first-order valence-corrected chi connectivity index (χ1v) is 9.86. The van der Waals surface area contributed by atoms with Gasteiger partial charge in [0.2, 0.25) is 0 Å². The maximum absolute atomic E-state index is 13.3. The zero-order valence-corrected chi connectivity index (χ0v) is 16.4. The van der Waals surface area contributed by atoms with E-state index in [9.17, 15) is 4.79 Å². The predicted molar refractivity (Wildman–Crippen MR) is 115 cm³/mol. The van der Waals surface area contributed by atoms with Gasteiger partial charge in [-0.15, -0.1) is 0 Å². The molecule has 3 aromatic rings. The molecule has 0 fully saturated rings. The average Bonchev–Trinajstić information content (AvgIpc) is 2.74. The van der Waals surface area contributed by atoms with Crippen LogP contribution in [0.3, 0.4) is 0 Å². The van der Waals surface area contributed by atoms with Crippen molar-refractivity contribution < 1.29 is 4.79 Å². The largest absolute Gasteiger partial charge is 0.340 e. The van der Waals surface area contributed by atoms with Crippen LogP contribution in [0.5, 0.6) is 0 Å². The number of hydrogen-bond donors (Lipinski definition) is 0. The van der Waals surface area contributed by atoms with Crippen LogP contribution >= 0.6 is 0 Å². The van der Waals surface area contributed by atoms with Crippen LogP contribution in [0.25, 0.3) is 0 Å². The molecule has 142 valence electrons. The third-order valence-electron chi connectivity index (χ3n) is 5.27. The summed E-state index contributed by atoms with van der Waals surface area (Å²) in [4.78, 5) is 21.7. The van der Waals surface area contributed by atoms with E-state index >= 15 is 0 Å². The zero-order chi connectivity index (χ0) is 19.5.